The molecule has 0 bridgehead atoms. The molecule has 1 unspecified atom stereocenters. The van der Waals surface area contributed by atoms with Crippen molar-refractivity contribution in [3.63, 3.8) is 0 Å². The number of aliphatic carboxylic acids is 1. The van der Waals surface area contributed by atoms with Crippen LogP contribution in [0.4, 0.5) is 0 Å². The maximum atomic E-state index is 9.64. The number of carbonyl (C=O) groups is 1. The number of carboxylic acids is 1. The molecule has 1 rings (SSSR count). The van der Waals surface area contributed by atoms with E-state index in [4.69, 9.17) is 5.11 Å². The van der Waals surface area contributed by atoms with Crippen molar-refractivity contribution in [2.45, 2.75) is 6.10 Å². The van der Waals surface area contributed by atoms with Gasteiger partial charge < -0.3 is 11.3 Å². The molecule has 1 saturated heterocycles. The molecule has 1 N–H and O–H groups in total. The topological polar surface area (TPSA) is 49.8 Å². The molecule has 1 aliphatic rings. The first-order valence-electron chi connectivity index (χ1n) is 1.65. The summed E-state index contributed by atoms with van der Waals surface area (Å²) in [6, 6.07) is 0. The quantitative estimate of drug-likeness (QED) is 0.295. The van der Waals surface area contributed by atoms with Crippen LogP contribution in [-0.2, 0) is 9.53 Å². The van der Waals surface area contributed by atoms with Crippen LogP contribution in [0.1, 0.15) is 1.43 Å². The second kappa shape index (κ2) is 3.16. The van der Waals surface area contributed by atoms with Gasteiger partial charge in [-0.2, -0.15) is 0 Å². The summed E-state index contributed by atoms with van der Waals surface area (Å²) in [7, 11) is 0. The van der Waals surface area contributed by atoms with Gasteiger partial charge in [0.25, 0.3) is 0 Å². The van der Waals surface area contributed by atoms with Gasteiger partial charge in [0.2, 0.25) is 0 Å². The molecule has 1 atom stereocenters. The Kier molecular flexibility index (Phi) is 3.65. The Bertz CT molecular complexity index is 82.6. The van der Waals surface area contributed by atoms with Crippen molar-refractivity contribution in [3.8, 4) is 0 Å². The van der Waals surface area contributed by atoms with E-state index in [-0.39, 0.29) is 52.8 Å². The Hall–Kier alpha value is 1.07. The molecule has 0 aromatic rings. The third kappa shape index (κ3) is 2.79. The number of hydrogen-bond acceptors (Lipinski definition) is 2. The Morgan fingerprint density at radius 1 is 2.00 bits per heavy atom. The zero-order valence-electron chi connectivity index (χ0n) is 5.05. The molecular weight excluding hydrogens is 123 g/mol. The van der Waals surface area contributed by atoms with Gasteiger partial charge in [0.1, 0.15) is 0 Å². The van der Waals surface area contributed by atoms with Crippen LogP contribution in [0.5, 0.6) is 0 Å². The first kappa shape index (κ1) is 8.07. The minimum Gasteiger partial charge on any atom is -1.00 e. The summed E-state index contributed by atoms with van der Waals surface area (Å²) in [6.07, 6.45) is -0.481. The fourth-order valence-electron chi connectivity index (χ4n) is 0.191. The van der Waals surface area contributed by atoms with Crippen molar-refractivity contribution in [3.05, 3.63) is 0 Å². The van der Waals surface area contributed by atoms with Crippen LogP contribution >= 0.6 is 0 Å². The van der Waals surface area contributed by atoms with E-state index in [0.29, 0.717) is 6.61 Å². The maximum absolute atomic E-state index is 9.64. The molecule has 0 aromatic heterocycles. The monoisotopic (exact) mass is 128 g/mol. The van der Waals surface area contributed by atoms with Gasteiger partial charge in [0.05, 0.1) is 6.61 Å². The van der Waals surface area contributed by atoms with Crippen LogP contribution in [0.3, 0.4) is 0 Å². The maximum Gasteiger partial charge on any atom is 1.00 e. The Balaban J connectivity index is 0. The fourth-order valence-corrected chi connectivity index (χ4v) is 0.191. The zero-order valence-corrected chi connectivity index (χ0v) is 7.17. The average Bonchev–Trinajstić information content (AvgIpc) is 2.06. The zero-order chi connectivity index (χ0) is 4.57. The molecule has 0 aliphatic carbocycles. The second-order valence-electron chi connectivity index (χ2n) is 1.16. The predicted molar refractivity (Wildman–Crippen MR) is 18.5 cm³/mol. The molecule has 1 heterocycles. The van der Waals surface area contributed by atoms with Gasteiger partial charge >= 0.3 is 57.4 Å². The predicted octanol–water partition coefficient (Wildman–Crippen LogP) is -3.41. The molecule has 7 heavy (non-hydrogen) atoms. The van der Waals surface area contributed by atoms with E-state index in [9.17, 15) is 4.79 Å². The minimum atomic E-state index is -0.852. The van der Waals surface area contributed by atoms with Crippen LogP contribution < -0.4 is 51.4 Å². The van der Waals surface area contributed by atoms with Gasteiger partial charge in [0.15, 0.2) is 6.10 Å². The summed E-state index contributed by atoms with van der Waals surface area (Å²) in [5.74, 6) is -0.852. The first-order chi connectivity index (χ1) is 2.80. The van der Waals surface area contributed by atoms with Gasteiger partial charge in [-0.3, -0.25) is 0 Å². The number of hydrogen-bond donors (Lipinski definition) is 1. The minimum absolute atomic E-state index is 0. The molecule has 0 radical (unpaired) electrons. The summed E-state index contributed by atoms with van der Waals surface area (Å²) in [5.41, 5.74) is 0. The summed E-state index contributed by atoms with van der Waals surface area (Å²) >= 11 is 0. The van der Waals surface area contributed by atoms with Crippen LogP contribution in [0, 0.1) is 0 Å². The molecule has 0 amide bonds. The van der Waals surface area contributed by atoms with Gasteiger partial charge in [-0.05, 0) is 0 Å². The van der Waals surface area contributed by atoms with Crippen molar-refractivity contribution in [1.82, 2.24) is 0 Å². The number of ether oxygens (including phenoxy) is 1. The van der Waals surface area contributed by atoms with Crippen LogP contribution in [-0.4, -0.2) is 23.8 Å². The van der Waals surface area contributed by atoms with E-state index >= 15 is 0 Å². The molecule has 0 aromatic carbocycles. The van der Waals surface area contributed by atoms with Crippen molar-refractivity contribution in [2.75, 3.05) is 6.61 Å². The van der Waals surface area contributed by atoms with E-state index in [0.717, 1.165) is 0 Å². The molecule has 3 nitrogen and oxygen atoms in total. The van der Waals surface area contributed by atoms with Crippen molar-refractivity contribution in [1.29, 1.82) is 0 Å². The number of carboxylic acid groups (broad SMARTS) is 1. The summed E-state index contributed by atoms with van der Waals surface area (Å²) in [4.78, 5) is 9.64. The molecule has 0 spiro atoms. The molecule has 1 fully saturated rings. The molecule has 36 valence electrons. The van der Waals surface area contributed by atoms with E-state index in [1.165, 1.54) is 0 Å². The van der Waals surface area contributed by atoms with Gasteiger partial charge in [-0.25, -0.2) is 4.79 Å². The second-order valence-corrected chi connectivity index (χ2v) is 1.16. The Labute approximate surface area is 84.9 Å². The fraction of sp³-hybridized carbons (Fsp3) is 0.667. The van der Waals surface area contributed by atoms with Crippen LogP contribution in [0.2, 0.25) is 0 Å². The summed E-state index contributed by atoms with van der Waals surface area (Å²) < 4.78 is 4.37. The molecule has 1 aliphatic heterocycles. The van der Waals surface area contributed by atoms with E-state index < -0.39 is 12.1 Å². The summed E-state index contributed by atoms with van der Waals surface area (Å²) in [6.45, 7) is 0.398. The normalized spacial score (nSPS) is 25.4. The standard InChI is InChI=1S/C3H4O3.K.H/c4-3(5)2-1-6-2;;/h2H,1H2,(H,4,5);;/q;+1;-1. The largest absolute Gasteiger partial charge is 1.00 e. The molecular formula is C3H5KO3. The first-order valence-corrected chi connectivity index (χ1v) is 1.65. The van der Waals surface area contributed by atoms with E-state index in [2.05, 4.69) is 4.74 Å². The Morgan fingerprint density at radius 2 is 2.43 bits per heavy atom. The third-order valence-corrected chi connectivity index (χ3v) is 0.609. The SMILES string of the molecule is O=C(O)C1CO1.[H-].[K+]. The van der Waals surface area contributed by atoms with Crippen molar-refractivity contribution < 1.29 is 67.4 Å². The smallest absolute Gasteiger partial charge is 1.00 e. The Morgan fingerprint density at radius 3 is 2.43 bits per heavy atom. The van der Waals surface area contributed by atoms with Crippen molar-refractivity contribution in [2.24, 2.45) is 0 Å². The van der Waals surface area contributed by atoms with Gasteiger partial charge in [-0.15, -0.1) is 0 Å². The van der Waals surface area contributed by atoms with Crippen LogP contribution in [0.25, 0.3) is 0 Å². The van der Waals surface area contributed by atoms with E-state index in [1.807, 2.05) is 0 Å². The third-order valence-electron chi connectivity index (χ3n) is 0.609. The van der Waals surface area contributed by atoms with Gasteiger partial charge in [-0.1, -0.05) is 0 Å². The van der Waals surface area contributed by atoms with Crippen LogP contribution in [0.15, 0.2) is 0 Å². The van der Waals surface area contributed by atoms with Gasteiger partial charge in [0, 0.05) is 0 Å². The molecule has 4 heteroatoms. The number of epoxide rings is 1. The summed E-state index contributed by atoms with van der Waals surface area (Å²) in [5, 5.41) is 7.93. The number of rotatable bonds is 1. The van der Waals surface area contributed by atoms with Crippen molar-refractivity contribution >= 4 is 5.97 Å². The molecule has 0 saturated carbocycles. The van der Waals surface area contributed by atoms with E-state index in [1.54, 1.807) is 0 Å². The average molecular weight is 128 g/mol.